The number of nitrogens with zero attached hydrogens (tertiary/aromatic N) is 6. The summed E-state index contributed by atoms with van der Waals surface area (Å²) >= 11 is 0. The summed E-state index contributed by atoms with van der Waals surface area (Å²) in [6.07, 6.45) is 5.04. The van der Waals surface area contributed by atoms with Crippen LogP contribution in [0.25, 0.3) is 33.9 Å². The van der Waals surface area contributed by atoms with Crippen molar-refractivity contribution in [2.45, 2.75) is 51.4 Å². The second kappa shape index (κ2) is 10.9. The average Bonchev–Trinajstić information content (AvgIpc) is 3.47. The minimum atomic E-state index is -4.52. The average molecular weight is 576 g/mol. The van der Waals surface area contributed by atoms with Crippen LogP contribution in [0.2, 0.25) is 0 Å². The van der Waals surface area contributed by atoms with Gasteiger partial charge in [-0.25, -0.2) is 24.9 Å². The van der Waals surface area contributed by atoms with Crippen LogP contribution in [0, 0.1) is 0 Å². The van der Waals surface area contributed by atoms with Crippen molar-refractivity contribution in [1.29, 1.82) is 0 Å². The molecule has 4 aromatic heterocycles. The molecule has 1 N–H and O–H groups in total. The topological polar surface area (TPSA) is 104 Å². The van der Waals surface area contributed by atoms with Crippen LogP contribution in [-0.4, -0.2) is 36.6 Å². The molecule has 0 amide bonds. The zero-order valence-corrected chi connectivity index (χ0v) is 23.2. The molecule has 5 aromatic rings. The van der Waals surface area contributed by atoms with Crippen LogP contribution in [-0.2, 0) is 12.7 Å². The van der Waals surface area contributed by atoms with Gasteiger partial charge in [0.2, 0.25) is 5.88 Å². The Morgan fingerprint density at radius 2 is 1.83 bits per heavy atom. The van der Waals surface area contributed by atoms with Gasteiger partial charge in [0.25, 0.3) is 0 Å². The Labute approximate surface area is 239 Å². The van der Waals surface area contributed by atoms with Crippen LogP contribution in [0.15, 0.2) is 66.0 Å². The number of methoxy groups -OCH3 is 1. The Balaban J connectivity index is 1.30. The molecule has 0 aliphatic heterocycles. The molecule has 0 atom stereocenters. The first-order valence-corrected chi connectivity index (χ1v) is 13.5. The van der Waals surface area contributed by atoms with E-state index in [1.807, 2.05) is 32.0 Å². The van der Waals surface area contributed by atoms with Crippen molar-refractivity contribution < 1.29 is 22.3 Å². The minimum absolute atomic E-state index is 0.188. The van der Waals surface area contributed by atoms with E-state index in [0.717, 1.165) is 41.4 Å². The van der Waals surface area contributed by atoms with Gasteiger partial charge in [-0.2, -0.15) is 13.2 Å². The third-order valence-electron chi connectivity index (χ3n) is 7.09. The molecular formula is C30H28F3N7O2. The lowest BCUT2D eigenvalue weighted by Gasteiger charge is -2.15. The van der Waals surface area contributed by atoms with Crippen molar-refractivity contribution in [2.24, 2.45) is 0 Å². The highest BCUT2D eigenvalue weighted by Gasteiger charge is 2.35. The van der Waals surface area contributed by atoms with Crippen molar-refractivity contribution in [1.82, 2.24) is 29.5 Å². The molecule has 42 heavy (non-hydrogen) atoms. The van der Waals surface area contributed by atoms with Crippen LogP contribution >= 0.6 is 0 Å². The Bertz CT molecular complexity index is 1690. The molecule has 0 radical (unpaired) electrons. The molecule has 6 rings (SSSR count). The monoisotopic (exact) mass is 575 g/mol. The fourth-order valence-corrected chi connectivity index (χ4v) is 4.77. The van der Waals surface area contributed by atoms with Gasteiger partial charge >= 0.3 is 6.18 Å². The van der Waals surface area contributed by atoms with E-state index in [0.29, 0.717) is 41.1 Å². The zero-order chi connectivity index (χ0) is 29.4. The molecule has 216 valence electrons. The second-order valence-electron chi connectivity index (χ2n) is 10.4. The van der Waals surface area contributed by atoms with Crippen molar-refractivity contribution >= 4 is 5.82 Å². The summed E-state index contributed by atoms with van der Waals surface area (Å²) in [6, 6.07) is 8.89. The largest absolute Gasteiger partial charge is 0.480 e. The molecule has 12 heteroatoms. The zero-order valence-electron chi connectivity index (χ0n) is 23.2. The molecule has 1 aliphatic carbocycles. The molecular weight excluding hydrogens is 547 g/mol. The standard InChI is InChI=1S/C30H28F3N7O2/c1-17(2)40-14-23(30(31,32)33)38-28(40)20-6-4-18(5-7-20)12-34-26-22(21-10-11-42-15-21)13-35-27(39-26)24-25(19-8-9-19)36-16-37-29(24)41-3/h4-7,10-11,13-17,19H,8-9,12H2,1-3H3,(H,34,35,39). The fraction of sp³-hybridized carbons (Fsp3) is 0.300. The summed E-state index contributed by atoms with van der Waals surface area (Å²) in [5.74, 6) is 2.02. The molecule has 0 bridgehead atoms. The van der Waals surface area contributed by atoms with Gasteiger partial charge < -0.3 is 19.0 Å². The lowest BCUT2D eigenvalue weighted by molar-refractivity contribution is -0.140. The maximum Gasteiger partial charge on any atom is 0.434 e. The highest BCUT2D eigenvalue weighted by Crippen LogP contribution is 2.45. The third-order valence-corrected chi connectivity index (χ3v) is 7.09. The van der Waals surface area contributed by atoms with E-state index >= 15 is 0 Å². The molecule has 1 saturated carbocycles. The number of ether oxygens (including phenoxy) is 1. The summed E-state index contributed by atoms with van der Waals surface area (Å²) in [5, 5.41) is 3.40. The summed E-state index contributed by atoms with van der Waals surface area (Å²) in [6.45, 7) is 4.04. The van der Waals surface area contributed by atoms with Crippen LogP contribution in [0.1, 0.15) is 55.6 Å². The molecule has 0 saturated heterocycles. The number of anilines is 1. The van der Waals surface area contributed by atoms with Crippen molar-refractivity contribution in [3.63, 3.8) is 0 Å². The maximum atomic E-state index is 13.3. The van der Waals surface area contributed by atoms with Crippen LogP contribution in [0.4, 0.5) is 19.0 Å². The van der Waals surface area contributed by atoms with Gasteiger partial charge in [-0.1, -0.05) is 24.3 Å². The van der Waals surface area contributed by atoms with E-state index in [2.05, 4.69) is 25.3 Å². The van der Waals surface area contributed by atoms with E-state index in [4.69, 9.17) is 14.1 Å². The van der Waals surface area contributed by atoms with Gasteiger partial charge in [0.05, 0.1) is 25.3 Å². The highest BCUT2D eigenvalue weighted by molar-refractivity contribution is 5.77. The number of aromatic nitrogens is 6. The maximum absolute atomic E-state index is 13.3. The minimum Gasteiger partial charge on any atom is -0.480 e. The van der Waals surface area contributed by atoms with E-state index in [9.17, 15) is 13.2 Å². The Morgan fingerprint density at radius 1 is 1.05 bits per heavy atom. The van der Waals surface area contributed by atoms with Crippen molar-refractivity contribution in [2.75, 3.05) is 12.4 Å². The van der Waals surface area contributed by atoms with Crippen molar-refractivity contribution in [3.8, 4) is 39.8 Å². The Kier molecular flexibility index (Phi) is 7.13. The lowest BCUT2D eigenvalue weighted by Crippen LogP contribution is -2.07. The number of furan rings is 1. The van der Waals surface area contributed by atoms with Gasteiger partial charge in [-0.05, 0) is 38.3 Å². The molecule has 1 fully saturated rings. The molecule has 4 heterocycles. The van der Waals surface area contributed by atoms with Gasteiger partial charge in [0.15, 0.2) is 11.5 Å². The Hall–Kier alpha value is -4.74. The SMILES string of the molecule is COc1ncnc(C2CC2)c1-c1ncc(-c2ccoc2)c(NCc2ccc(-c3nc(C(F)(F)F)cn3C(C)C)cc2)n1. The molecule has 0 unspecified atom stereocenters. The van der Waals surface area contributed by atoms with Crippen LogP contribution in [0.5, 0.6) is 5.88 Å². The van der Waals surface area contributed by atoms with Gasteiger partial charge in [0.1, 0.15) is 23.5 Å². The molecule has 9 nitrogen and oxygen atoms in total. The normalized spacial score (nSPS) is 13.5. The van der Waals surface area contributed by atoms with E-state index in [1.54, 1.807) is 38.0 Å². The summed E-state index contributed by atoms with van der Waals surface area (Å²) in [5.41, 5.74) is 3.67. The third kappa shape index (κ3) is 5.44. The van der Waals surface area contributed by atoms with Crippen LogP contribution in [0.3, 0.4) is 0 Å². The highest BCUT2D eigenvalue weighted by atomic mass is 19.4. The second-order valence-corrected chi connectivity index (χ2v) is 10.4. The van der Waals surface area contributed by atoms with E-state index < -0.39 is 11.9 Å². The number of rotatable bonds is 9. The lowest BCUT2D eigenvalue weighted by atomic mass is 10.1. The number of hydrogen-bond acceptors (Lipinski definition) is 8. The number of nitrogens with one attached hydrogen (secondary N) is 1. The van der Waals surface area contributed by atoms with E-state index in [-0.39, 0.29) is 11.9 Å². The summed E-state index contributed by atoms with van der Waals surface area (Å²) in [4.78, 5) is 22.2. The smallest absolute Gasteiger partial charge is 0.434 e. The molecule has 1 aliphatic rings. The van der Waals surface area contributed by atoms with E-state index in [1.165, 1.54) is 10.9 Å². The number of benzene rings is 1. The van der Waals surface area contributed by atoms with Gasteiger partial charge in [0, 0.05) is 47.6 Å². The van der Waals surface area contributed by atoms with Gasteiger partial charge in [-0.15, -0.1) is 0 Å². The molecule has 1 aromatic carbocycles. The first-order chi connectivity index (χ1) is 20.2. The first-order valence-electron chi connectivity index (χ1n) is 13.5. The first kappa shape index (κ1) is 27.4. The Morgan fingerprint density at radius 3 is 2.48 bits per heavy atom. The molecule has 0 spiro atoms. The fourth-order valence-electron chi connectivity index (χ4n) is 4.77. The summed E-state index contributed by atoms with van der Waals surface area (Å²) in [7, 11) is 1.56. The summed E-state index contributed by atoms with van der Waals surface area (Å²) < 4.78 is 52.4. The number of alkyl halides is 3. The quantitative estimate of drug-likeness (QED) is 0.198. The predicted molar refractivity (Wildman–Crippen MR) is 150 cm³/mol. The van der Waals surface area contributed by atoms with Crippen molar-refractivity contribution in [3.05, 3.63) is 78.5 Å². The number of imidazole rings is 1. The predicted octanol–water partition coefficient (Wildman–Crippen LogP) is 7.15. The van der Waals surface area contributed by atoms with Crippen LogP contribution < -0.4 is 10.1 Å². The number of halogens is 3. The number of hydrogen-bond donors (Lipinski definition) is 1. The van der Waals surface area contributed by atoms with Gasteiger partial charge in [-0.3, -0.25) is 0 Å².